The molecule has 5 nitrogen and oxygen atoms in total. The summed E-state index contributed by atoms with van der Waals surface area (Å²) in [6.07, 6.45) is -8.21. The number of hydrogen-bond donors (Lipinski definition) is 3. The highest BCUT2D eigenvalue weighted by Crippen LogP contribution is 2.48. The molecule has 31 heavy (non-hydrogen) atoms. The summed E-state index contributed by atoms with van der Waals surface area (Å²) < 4.78 is 79.7. The van der Waals surface area contributed by atoms with E-state index < -0.39 is 34.7 Å². The van der Waals surface area contributed by atoms with Gasteiger partial charge in [0.15, 0.2) is 0 Å². The minimum absolute atomic E-state index is 0.0577. The van der Waals surface area contributed by atoms with Crippen molar-refractivity contribution in [2.75, 3.05) is 17.2 Å². The minimum atomic E-state index is -4.71. The van der Waals surface area contributed by atoms with Crippen molar-refractivity contribution in [3.63, 3.8) is 0 Å². The van der Waals surface area contributed by atoms with Gasteiger partial charge in [0.05, 0.1) is 5.56 Å². The number of rotatable bonds is 6. The van der Waals surface area contributed by atoms with Crippen LogP contribution in [-0.2, 0) is 18.9 Å². The second-order valence-corrected chi connectivity index (χ2v) is 8.10. The lowest BCUT2D eigenvalue weighted by Gasteiger charge is -2.52. The number of alkyl halides is 6. The van der Waals surface area contributed by atoms with Gasteiger partial charge in [-0.3, -0.25) is 0 Å². The highest BCUT2D eigenvalue weighted by atomic mass is 19.4. The van der Waals surface area contributed by atoms with Crippen molar-refractivity contribution in [2.45, 2.75) is 45.2 Å². The van der Waals surface area contributed by atoms with Gasteiger partial charge in [0, 0.05) is 25.4 Å². The van der Waals surface area contributed by atoms with E-state index in [1.54, 1.807) is 0 Å². The summed E-state index contributed by atoms with van der Waals surface area (Å²) in [7, 11) is 0. The summed E-state index contributed by atoms with van der Waals surface area (Å²) in [6.45, 7) is 3.27. The summed E-state index contributed by atoms with van der Waals surface area (Å²) in [6, 6.07) is 4.52. The zero-order chi connectivity index (χ0) is 23.0. The first-order chi connectivity index (χ1) is 14.3. The van der Waals surface area contributed by atoms with E-state index >= 15 is 0 Å². The largest absolute Gasteiger partial charge is 0.421 e. The van der Waals surface area contributed by atoms with Crippen LogP contribution in [0.25, 0.3) is 0 Å². The first-order valence-electron chi connectivity index (χ1n) is 9.54. The van der Waals surface area contributed by atoms with Crippen LogP contribution in [0.5, 0.6) is 0 Å². The molecule has 1 aliphatic carbocycles. The maximum Gasteiger partial charge on any atom is 0.421 e. The standard InChI is InChI=1S/C20H22F6N4O/c1-18(2)12(10-31)7-15(18)29-16-14(20(24,25)26)9-28-17(30-16)27-8-11-5-3-4-6-13(11)19(21,22)23/h3-6,9,12,15,31H,7-8,10H2,1-2H3,(H2,27,28,29,30)/t12-,15+/m1/s1. The van der Waals surface area contributed by atoms with Crippen LogP contribution in [0.3, 0.4) is 0 Å². The van der Waals surface area contributed by atoms with Crippen LogP contribution in [0.1, 0.15) is 37.0 Å². The molecule has 0 spiro atoms. The molecule has 3 rings (SSSR count). The van der Waals surface area contributed by atoms with Gasteiger partial charge in [-0.05, 0) is 29.4 Å². The zero-order valence-corrected chi connectivity index (χ0v) is 16.8. The third-order valence-electron chi connectivity index (χ3n) is 5.86. The van der Waals surface area contributed by atoms with E-state index in [1.165, 1.54) is 18.2 Å². The highest BCUT2D eigenvalue weighted by molar-refractivity contribution is 5.50. The molecule has 3 N–H and O–H groups in total. The predicted octanol–water partition coefficient (Wildman–Crippen LogP) is 4.95. The van der Waals surface area contributed by atoms with Crippen molar-refractivity contribution >= 4 is 11.8 Å². The van der Waals surface area contributed by atoms with E-state index in [9.17, 15) is 31.4 Å². The Labute approximate surface area is 174 Å². The number of aromatic nitrogens is 2. The number of benzene rings is 1. The highest BCUT2D eigenvalue weighted by Gasteiger charge is 2.48. The quantitative estimate of drug-likeness (QED) is 0.546. The van der Waals surface area contributed by atoms with Crippen LogP contribution in [0, 0.1) is 11.3 Å². The van der Waals surface area contributed by atoms with Gasteiger partial charge in [0.2, 0.25) is 5.95 Å². The van der Waals surface area contributed by atoms with E-state index in [-0.39, 0.29) is 36.6 Å². The van der Waals surface area contributed by atoms with Gasteiger partial charge in [0.1, 0.15) is 11.4 Å². The van der Waals surface area contributed by atoms with E-state index in [0.29, 0.717) is 12.6 Å². The van der Waals surface area contributed by atoms with Crippen LogP contribution >= 0.6 is 0 Å². The summed E-state index contributed by atoms with van der Waals surface area (Å²) >= 11 is 0. The van der Waals surface area contributed by atoms with E-state index in [2.05, 4.69) is 20.6 Å². The molecule has 11 heteroatoms. The fourth-order valence-corrected chi connectivity index (χ4v) is 3.65. The van der Waals surface area contributed by atoms with Gasteiger partial charge < -0.3 is 15.7 Å². The summed E-state index contributed by atoms with van der Waals surface area (Å²) in [5.41, 5.74) is -2.46. The molecule has 0 unspecified atom stereocenters. The second-order valence-electron chi connectivity index (χ2n) is 8.10. The molecule has 1 heterocycles. The van der Waals surface area contributed by atoms with Gasteiger partial charge in [-0.2, -0.15) is 31.3 Å². The second kappa shape index (κ2) is 8.18. The summed E-state index contributed by atoms with van der Waals surface area (Å²) in [4.78, 5) is 7.52. The zero-order valence-electron chi connectivity index (χ0n) is 16.8. The van der Waals surface area contributed by atoms with Crippen molar-refractivity contribution in [1.82, 2.24) is 9.97 Å². The molecule has 0 bridgehead atoms. The van der Waals surface area contributed by atoms with Crippen LogP contribution in [0.15, 0.2) is 30.5 Å². The first-order valence-corrected chi connectivity index (χ1v) is 9.54. The Balaban J connectivity index is 1.83. The average Bonchev–Trinajstić information content (AvgIpc) is 2.68. The van der Waals surface area contributed by atoms with E-state index in [0.717, 1.165) is 6.07 Å². The van der Waals surface area contributed by atoms with Gasteiger partial charge in [-0.15, -0.1) is 0 Å². The van der Waals surface area contributed by atoms with Gasteiger partial charge in [-0.25, -0.2) is 4.98 Å². The molecular formula is C20H22F6N4O. The molecule has 0 aliphatic heterocycles. The van der Waals surface area contributed by atoms with Crippen molar-refractivity contribution in [2.24, 2.45) is 11.3 Å². The summed E-state index contributed by atoms with van der Waals surface area (Å²) in [5, 5.41) is 14.7. The lowest BCUT2D eigenvalue weighted by atomic mass is 9.59. The molecule has 0 saturated heterocycles. The molecule has 1 aromatic carbocycles. The minimum Gasteiger partial charge on any atom is -0.396 e. The van der Waals surface area contributed by atoms with Crippen molar-refractivity contribution in [3.8, 4) is 0 Å². The first kappa shape index (κ1) is 23.1. The number of nitrogens with one attached hydrogen (secondary N) is 2. The molecule has 1 saturated carbocycles. The molecule has 1 aliphatic rings. The molecular weight excluding hydrogens is 426 g/mol. The Morgan fingerprint density at radius 2 is 1.71 bits per heavy atom. The Hall–Kier alpha value is -2.56. The number of aliphatic hydroxyl groups is 1. The fraction of sp³-hybridized carbons (Fsp3) is 0.500. The third kappa shape index (κ3) is 4.86. The topological polar surface area (TPSA) is 70.1 Å². The van der Waals surface area contributed by atoms with Gasteiger partial charge in [0.25, 0.3) is 0 Å². The smallest absolute Gasteiger partial charge is 0.396 e. The Bertz CT molecular complexity index is 929. The number of nitrogens with zero attached hydrogens (tertiary/aromatic N) is 2. The third-order valence-corrected chi connectivity index (χ3v) is 5.86. The van der Waals surface area contributed by atoms with Crippen molar-refractivity contribution < 1.29 is 31.4 Å². The predicted molar refractivity (Wildman–Crippen MR) is 102 cm³/mol. The number of aliphatic hydroxyl groups excluding tert-OH is 1. The Kier molecular flexibility index (Phi) is 6.09. The van der Waals surface area contributed by atoms with Crippen molar-refractivity contribution in [1.29, 1.82) is 0 Å². The van der Waals surface area contributed by atoms with Gasteiger partial charge >= 0.3 is 12.4 Å². The van der Waals surface area contributed by atoms with E-state index in [1.807, 2.05) is 13.8 Å². The van der Waals surface area contributed by atoms with Gasteiger partial charge in [-0.1, -0.05) is 32.0 Å². The molecule has 0 amide bonds. The molecule has 0 radical (unpaired) electrons. The molecule has 1 fully saturated rings. The average molecular weight is 448 g/mol. The van der Waals surface area contributed by atoms with E-state index in [4.69, 9.17) is 0 Å². The molecule has 2 atom stereocenters. The van der Waals surface area contributed by atoms with Crippen LogP contribution in [-0.4, -0.2) is 27.7 Å². The Morgan fingerprint density at radius 1 is 1.06 bits per heavy atom. The Morgan fingerprint density at radius 3 is 2.29 bits per heavy atom. The lowest BCUT2D eigenvalue weighted by molar-refractivity contribution is -0.138. The van der Waals surface area contributed by atoms with Crippen molar-refractivity contribution in [3.05, 3.63) is 47.2 Å². The number of hydrogen-bond acceptors (Lipinski definition) is 5. The van der Waals surface area contributed by atoms with Crippen LogP contribution in [0.4, 0.5) is 38.1 Å². The number of halogens is 6. The lowest BCUT2D eigenvalue weighted by Crippen LogP contribution is -2.55. The maximum absolute atomic E-state index is 13.4. The fourth-order valence-electron chi connectivity index (χ4n) is 3.65. The van der Waals surface area contributed by atoms with Crippen LogP contribution in [0.2, 0.25) is 0 Å². The van der Waals surface area contributed by atoms with Crippen LogP contribution < -0.4 is 10.6 Å². The molecule has 1 aromatic heterocycles. The normalized spacial score (nSPS) is 20.8. The maximum atomic E-state index is 13.4. The molecule has 2 aromatic rings. The molecule has 170 valence electrons. The number of anilines is 2. The monoisotopic (exact) mass is 448 g/mol. The SMILES string of the molecule is CC1(C)[C@@H](CO)C[C@@H]1Nc1nc(NCc2ccccc2C(F)(F)F)ncc1C(F)(F)F. The summed E-state index contributed by atoms with van der Waals surface area (Å²) in [5.74, 6) is -0.746.